The number of ether oxygens (including phenoxy) is 2. The van der Waals surface area contributed by atoms with Crippen LogP contribution >= 0.6 is 22.9 Å². The number of Topliss-reactive ketones (excluding diaryl/α,β-unsaturated/α-hetero) is 1. The van der Waals surface area contributed by atoms with Crippen molar-refractivity contribution in [3.63, 3.8) is 0 Å². The van der Waals surface area contributed by atoms with Gasteiger partial charge in [-0.3, -0.25) is 14.6 Å². The summed E-state index contributed by atoms with van der Waals surface area (Å²) in [5.74, 6) is -2.13. The highest BCUT2D eigenvalue weighted by Gasteiger charge is 2.29. The molecule has 0 spiro atoms. The molecule has 2 heterocycles. The molecule has 0 saturated carbocycles. The van der Waals surface area contributed by atoms with Crippen molar-refractivity contribution >= 4 is 51.0 Å². The van der Waals surface area contributed by atoms with Crippen LogP contribution in [0.15, 0.2) is 18.3 Å². The molecule has 0 radical (unpaired) electrons. The van der Waals surface area contributed by atoms with Gasteiger partial charge in [-0.25, -0.2) is 4.79 Å². The number of thiophene rings is 1. The van der Waals surface area contributed by atoms with Gasteiger partial charge in [0.05, 0.1) is 28.4 Å². The number of nitrogens with zero attached hydrogens (tertiary/aromatic N) is 1. The van der Waals surface area contributed by atoms with Gasteiger partial charge in [0.25, 0.3) is 0 Å². The van der Waals surface area contributed by atoms with Crippen molar-refractivity contribution in [2.24, 2.45) is 5.92 Å². The maximum atomic E-state index is 12.6. The van der Waals surface area contributed by atoms with Crippen LogP contribution < -0.4 is 5.32 Å². The van der Waals surface area contributed by atoms with Crippen LogP contribution in [0.2, 0.25) is 5.02 Å². The first-order chi connectivity index (χ1) is 13.1. The van der Waals surface area contributed by atoms with Crippen molar-refractivity contribution in [3.05, 3.63) is 28.2 Å². The van der Waals surface area contributed by atoms with E-state index < -0.39 is 29.4 Å². The molecule has 1 amide bonds. The summed E-state index contributed by atoms with van der Waals surface area (Å²) >= 11 is 7.54. The van der Waals surface area contributed by atoms with Gasteiger partial charge in [0.2, 0.25) is 0 Å². The minimum Gasteiger partial charge on any atom is -0.465 e. The average molecular weight is 427 g/mol. The monoisotopic (exact) mass is 426 g/mol. The minimum atomic E-state index is -1.04. The normalized spacial score (nSPS) is 12.5. The second kappa shape index (κ2) is 9.34. The molecule has 0 saturated heterocycles. The molecule has 152 valence electrons. The molecule has 9 heteroatoms. The maximum Gasteiger partial charge on any atom is 0.408 e. The Labute approximate surface area is 172 Å². The summed E-state index contributed by atoms with van der Waals surface area (Å²) in [6, 6.07) is 3.48. The summed E-state index contributed by atoms with van der Waals surface area (Å²) in [5.41, 5.74) is 0.0197. The summed E-state index contributed by atoms with van der Waals surface area (Å²) in [5, 5.41) is 2.95. The van der Waals surface area contributed by atoms with Gasteiger partial charge in [-0.1, -0.05) is 11.6 Å². The number of hydrogen-bond acceptors (Lipinski definition) is 7. The predicted octanol–water partition coefficient (Wildman–Crippen LogP) is 3.77. The van der Waals surface area contributed by atoms with Gasteiger partial charge in [-0.15, -0.1) is 11.3 Å². The van der Waals surface area contributed by atoms with E-state index in [0.717, 1.165) is 9.58 Å². The lowest BCUT2D eigenvalue weighted by atomic mass is 9.99. The van der Waals surface area contributed by atoms with Crippen LogP contribution in [0.1, 0.15) is 32.6 Å². The highest BCUT2D eigenvalue weighted by atomic mass is 35.5. The molecule has 2 rings (SSSR count). The molecule has 1 N–H and O–H groups in total. The van der Waals surface area contributed by atoms with Gasteiger partial charge in [-0.05, 0) is 39.8 Å². The van der Waals surface area contributed by atoms with E-state index in [-0.39, 0.29) is 19.6 Å². The number of carbonyl (C=O) groups is 3. The van der Waals surface area contributed by atoms with Crippen molar-refractivity contribution < 1.29 is 23.9 Å². The Bertz CT molecular complexity index is 875. The molecule has 0 aliphatic rings. The zero-order valence-electron chi connectivity index (χ0n) is 16.2. The van der Waals surface area contributed by atoms with Crippen LogP contribution in [0.5, 0.6) is 0 Å². The third-order valence-electron chi connectivity index (χ3n) is 3.59. The second-order valence-corrected chi connectivity index (χ2v) is 8.59. The summed E-state index contributed by atoms with van der Waals surface area (Å²) in [4.78, 5) is 41.7. The highest BCUT2D eigenvalue weighted by Crippen LogP contribution is 2.31. The molecule has 1 unspecified atom stereocenters. The number of carbonyl (C=O) groups excluding carboxylic acids is 3. The van der Waals surface area contributed by atoms with Gasteiger partial charge in [0, 0.05) is 17.5 Å². The lowest BCUT2D eigenvalue weighted by molar-refractivity contribution is -0.151. The zero-order chi connectivity index (χ0) is 20.9. The van der Waals surface area contributed by atoms with Crippen LogP contribution in [0.3, 0.4) is 0 Å². The van der Waals surface area contributed by atoms with Crippen LogP contribution in [0.25, 0.3) is 10.2 Å². The minimum absolute atomic E-state index is 0.144. The van der Waals surface area contributed by atoms with Gasteiger partial charge < -0.3 is 14.8 Å². The van der Waals surface area contributed by atoms with Crippen LogP contribution in [0, 0.1) is 5.92 Å². The number of esters is 1. The summed E-state index contributed by atoms with van der Waals surface area (Å²) in [6.45, 7) is 6.65. The lowest BCUT2D eigenvalue weighted by Gasteiger charge is -2.20. The highest BCUT2D eigenvalue weighted by molar-refractivity contribution is 7.19. The number of halogens is 1. The lowest BCUT2D eigenvalue weighted by Crippen LogP contribution is -2.39. The van der Waals surface area contributed by atoms with E-state index in [9.17, 15) is 14.4 Å². The van der Waals surface area contributed by atoms with Gasteiger partial charge in [0.1, 0.15) is 11.5 Å². The molecule has 7 nitrogen and oxygen atoms in total. The zero-order valence-corrected chi connectivity index (χ0v) is 17.8. The Morgan fingerprint density at radius 1 is 1.32 bits per heavy atom. The van der Waals surface area contributed by atoms with Gasteiger partial charge in [-0.2, -0.15) is 0 Å². The third kappa shape index (κ3) is 6.17. The van der Waals surface area contributed by atoms with Gasteiger partial charge in [0.15, 0.2) is 5.78 Å². The van der Waals surface area contributed by atoms with Crippen LogP contribution in [-0.2, 0) is 25.5 Å². The van der Waals surface area contributed by atoms with Crippen molar-refractivity contribution in [2.45, 2.75) is 39.7 Å². The molecule has 2 aromatic heterocycles. The fraction of sp³-hybridized carbons (Fsp3) is 0.474. The third-order valence-corrected chi connectivity index (χ3v) is 5.19. The SMILES string of the molecule is CCOC(=O)C(Cc1cc2nccc(Cl)c2s1)C(=O)CNC(=O)OC(C)(C)C. The number of amides is 1. The van der Waals surface area contributed by atoms with E-state index in [1.807, 2.05) is 0 Å². The molecular formula is C19H23ClN2O5S. The van der Waals surface area contributed by atoms with E-state index >= 15 is 0 Å². The molecule has 0 aromatic carbocycles. The van der Waals surface area contributed by atoms with Crippen LogP contribution in [-0.4, -0.2) is 41.6 Å². The average Bonchev–Trinajstić information content (AvgIpc) is 3.00. The standard InChI is InChI=1S/C19H23ClN2O5S/c1-5-26-17(24)12(15(23)10-22-18(25)27-19(2,3)4)8-11-9-14-16(28-11)13(20)6-7-21-14/h6-7,9,12H,5,8,10H2,1-4H3,(H,22,25). The smallest absolute Gasteiger partial charge is 0.408 e. The topological polar surface area (TPSA) is 94.6 Å². The number of alkyl carbamates (subject to hydrolysis) is 1. The molecule has 0 fully saturated rings. The molecule has 2 aromatic rings. The number of rotatable bonds is 7. The quantitative estimate of drug-likeness (QED) is 0.535. The number of hydrogen-bond donors (Lipinski definition) is 1. The van der Waals surface area contributed by atoms with Crippen molar-refractivity contribution in [2.75, 3.05) is 13.2 Å². The number of fused-ring (bicyclic) bond motifs is 1. The molecule has 1 atom stereocenters. The largest absolute Gasteiger partial charge is 0.465 e. The number of pyridine rings is 1. The first-order valence-electron chi connectivity index (χ1n) is 8.80. The molecule has 0 aliphatic heterocycles. The van der Waals surface area contributed by atoms with E-state index in [2.05, 4.69) is 10.3 Å². The van der Waals surface area contributed by atoms with Crippen molar-refractivity contribution in [1.82, 2.24) is 10.3 Å². The first kappa shape index (κ1) is 22.1. The maximum absolute atomic E-state index is 12.6. The first-order valence-corrected chi connectivity index (χ1v) is 9.99. The van der Waals surface area contributed by atoms with E-state index in [0.29, 0.717) is 10.5 Å². The summed E-state index contributed by atoms with van der Waals surface area (Å²) in [7, 11) is 0. The second-order valence-electron chi connectivity index (χ2n) is 7.05. The number of nitrogens with one attached hydrogen (secondary N) is 1. The predicted molar refractivity (Wildman–Crippen MR) is 108 cm³/mol. The fourth-order valence-corrected chi connectivity index (χ4v) is 3.76. The Kier molecular flexibility index (Phi) is 7.37. The molecular weight excluding hydrogens is 404 g/mol. The van der Waals surface area contributed by atoms with Crippen molar-refractivity contribution in [3.8, 4) is 0 Å². The number of aromatic nitrogens is 1. The molecule has 0 bridgehead atoms. The summed E-state index contributed by atoms with van der Waals surface area (Å²) < 4.78 is 10.9. The Morgan fingerprint density at radius 2 is 2.04 bits per heavy atom. The van der Waals surface area contributed by atoms with E-state index in [4.69, 9.17) is 21.1 Å². The Hall–Kier alpha value is -2.19. The van der Waals surface area contributed by atoms with E-state index in [1.54, 1.807) is 46.0 Å². The molecule has 28 heavy (non-hydrogen) atoms. The van der Waals surface area contributed by atoms with Crippen molar-refractivity contribution in [1.29, 1.82) is 0 Å². The summed E-state index contributed by atoms with van der Waals surface area (Å²) in [6.07, 6.45) is 1.02. The van der Waals surface area contributed by atoms with Gasteiger partial charge >= 0.3 is 12.1 Å². The fourth-order valence-electron chi connectivity index (χ4n) is 2.43. The Morgan fingerprint density at radius 3 is 2.64 bits per heavy atom. The number of ketones is 1. The Balaban J connectivity index is 2.12. The van der Waals surface area contributed by atoms with Crippen LogP contribution in [0.4, 0.5) is 4.79 Å². The van der Waals surface area contributed by atoms with E-state index in [1.165, 1.54) is 11.3 Å². The molecule has 0 aliphatic carbocycles.